The van der Waals surface area contributed by atoms with E-state index in [0.29, 0.717) is 24.0 Å². The second-order valence-corrected chi connectivity index (χ2v) is 6.83. The highest BCUT2D eigenvalue weighted by Crippen LogP contribution is 2.35. The molecule has 0 bridgehead atoms. The van der Waals surface area contributed by atoms with Gasteiger partial charge in [-0.3, -0.25) is 4.79 Å². The summed E-state index contributed by atoms with van der Waals surface area (Å²) in [6, 6.07) is 11.5. The summed E-state index contributed by atoms with van der Waals surface area (Å²) in [4.78, 5) is 23.7. The van der Waals surface area contributed by atoms with Crippen LogP contribution >= 0.6 is 0 Å². The van der Waals surface area contributed by atoms with Gasteiger partial charge in [-0.25, -0.2) is 9.18 Å². The lowest BCUT2D eigenvalue weighted by molar-refractivity contribution is -0.122. The van der Waals surface area contributed by atoms with Gasteiger partial charge in [0.05, 0.1) is 11.6 Å². The molecule has 2 aromatic rings. The van der Waals surface area contributed by atoms with E-state index in [2.05, 4.69) is 12.2 Å². The lowest BCUT2D eigenvalue weighted by Crippen LogP contribution is -2.36. The molecular formula is C21H22FNO3. The fraction of sp³-hybridized carbons (Fsp3) is 0.333. The topological polar surface area (TPSA) is 66.4 Å². The summed E-state index contributed by atoms with van der Waals surface area (Å²) in [5.74, 6) is -1.14. The average molecular weight is 355 g/mol. The Morgan fingerprint density at radius 1 is 1.19 bits per heavy atom. The molecule has 2 aromatic carbocycles. The first kappa shape index (κ1) is 18.1. The zero-order valence-corrected chi connectivity index (χ0v) is 14.7. The largest absolute Gasteiger partial charge is 0.478 e. The molecule has 2 atom stereocenters. The summed E-state index contributed by atoms with van der Waals surface area (Å²) >= 11 is 0. The number of carboxylic acid groups (broad SMARTS) is 1. The fourth-order valence-electron chi connectivity index (χ4n) is 3.64. The van der Waals surface area contributed by atoms with E-state index in [0.717, 1.165) is 12.0 Å². The van der Waals surface area contributed by atoms with E-state index in [1.54, 1.807) is 24.3 Å². The molecule has 0 saturated carbocycles. The molecule has 0 saturated heterocycles. The molecule has 0 aromatic heterocycles. The molecule has 26 heavy (non-hydrogen) atoms. The van der Waals surface area contributed by atoms with Crippen molar-refractivity contribution in [2.24, 2.45) is 5.92 Å². The number of aryl methyl sites for hydroxylation is 1. The average Bonchev–Trinajstić information content (AvgIpc) is 2.63. The van der Waals surface area contributed by atoms with Gasteiger partial charge in [0.1, 0.15) is 5.82 Å². The zero-order valence-electron chi connectivity index (χ0n) is 14.7. The normalized spacial score (nSPS) is 18.8. The van der Waals surface area contributed by atoms with E-state index in [4.69, 9.17) is 0 Å². The van der Waals surface area contributed by atoms with Crippen molar-refractivity contribution in [3.05, 3.63) is 70.5 Å². The van der Waals surface area contributed by atoms with Crippen LogP contribution in [0.15, 0.2) is 42.5 Å². The van der Waals surface area contributed by atoms with Gasteiger partial charge in [-0.15, -0.1) is 0 Å². The van der Waals surface area contributed by atoms with Crippen molar-refractivity contribution in [2.75, 3.05) is 0 Å². The predicted molar refractivity (Wildman–Crippen MR) is 96.5 cm³/mol. The SMILES string of the molecule is CC1CCc2c(F)cccc2C1NC(=O)CCc1ccccc1C(=O)O. The number of rotatable bonds is 5. The van der Waals surface area contributed by atoms with Crippen molar-refractivity contribution in [2.45, 2.75) is 38.6 Å². The summed E-state index contributed by atoms with van der Waals surface area (Å²) in [5.41, 5.74) is 2.40. The highest BCUT2D eigenvalue weighted by Gasteiger charge is 2.29. The molecular weight excluding hydrogens is 333 g/mol. The third kappa shape index (κ3) is 3.77. The minimum Gasteiger partial charge on any atom is -0.478 e. The smallest absolute Gasteiger partial charge is 0.335 e. The predicted octanol–water partition coefficient (Wildman–Crippen LogP) is 3.90. The highest BCUT2D eigenvalue weighted by atomic mass is 19.1. The van der Waals surface area contributed by atoms with Crippen LogP contribution in [0.3, 0.4) is 0 Å². The van der Waals surface area contributed by atoms with Crippen LogP contribution < -0.4 is 5.32 Å². The standard InChI is InChI=1S/C21H22FNO3/c1-13-9-11-16-17(7-4-8-18(16)22)20(13)23-19(24)12-10-14-5-2-3-6-15(14)21(25)26/h2-8,13,20H,9-12H2,1H3,(H,23,24)(H,25,26). The van der Waals surface area contributed by atoms with Gasteiger partial charge in [-0.2, -0.15) is 0 Å². The van der Waals surface area contributed by atoms with Gasteiger partial charge >= 0.3 is 5.97 Å². The van der Waals surface area contributed by atoms with Gasteiger partial charge in [-0.1, -0.05) is 37.3 Å². The molecule has 3 rings (SSSR count). The quantitative estimate of drug-likeness (QED) is 0.855. The number of carbonyl (C=O) groups excluding carboxylic acids is 1. The molecule has 1 aliphatic rings. The van der Waals surface area contributed by atoms with E-state index in [1.165, 1.54) is 12.1 Å². The van der Waals surface area contributed by atoms with Crippen molar-refractivity contribution in [1.29, 1.82) is 0 Å². The molecule has 5 heteroatoms. The van der Waals surface area contributed by atoms with Crippen LogP contribution in [0.2, 0.25) is 0 Å². The molecule has 1 aliphatic carbocycles. The number of hydrogen-bond donors (Lipinski definition) is 2. The van der Waals surface area contributed by atoms with Crippen LogP contribution in [0.1, 0.15) is 52.9 Å². The number of carbonyl (C=O) groups is 2. The number of halogens is 1. The molecule has 0 heterocycles. The second kappa shape index (κ2) is 7.68. The lowest BCUT2D eigenvalue weighted by Gasteiger charge is -2.32. The molecule has 0 fully saturated rings. The van der Waals surface area contributed by atoms with E-state index < -0.39 is 5.97 Å². The number of nitrogens with one attached hydrogen (secondary N) is 1. The van der Waals surface area contributed by atoms with Gasteiger partial charge in [0, 0.05) is 6.42 Å². The molecule has 0 radical (unpaired) electrons. The maximum atomic E-state index is 14.0. The van der Waals surface area contributed by atoms with Crippen LogP contribution in [-0.4, -0.2) is 17.0 Å². The Morgan fingerprint density at radius 3 is 2.73 bits per heavy atom. The van der Waals surface area contributed by atoms with E-state index in [1.807, 2.05) is 6.07 Å². The molecule has 2 N–H and O–H groups in total. The Kier molecular flexibility index (Phi) is 5.35. The summed E-state index contributed by atoms with van der Waals surface area (Å²) in [6.45, 7) is 2.05. The van der Waals surface area contributed by atoms with Crippen LogP contribution in [0, 0.1) is 11.7 Å². The van der Waals surface area contributed by atoms with Crippen LogP contribution in [0.5, 0.6) is 0 Å². The molecule has 0 spiro atoms. The number of amides is 1. The van der Waals surface area contributed by atoms with Crippen molar-refractivity contribution < 1.29 is 19.1 Å². The summed E-state index contributed by atoms with van der Waals surface area (Å²) < 4.78 is 14.0. The molecule has 0 aliphatic heterocycles. The zero-order chi connectivity index (χ0) is 18.7. The van der Waals surface area contributed by atoms with Crippen molar-refractivity contribution in [1.82, 2.24) is 5.32 Å². The first-order valence-electron chi connectivity index (χ1n) is 8.85. The number of hydrogen-bond acceptors (Lipinski definition) is 2. The number of fused-ring (bicyclic) bond motifs is 1. The fourth-order valence-corrected chi connectivity index (χ4v) is 3.64. The summed E-state index contributed by atoms with van der Waals surface area (Å²) in [5, 5.41) is 12.2. The Bertz CT molecular complexity index is 834. The van der Waals surface area contributed by atoms with Gasteiger partial charge in [0.2, 0.25) is 5.91 Å². The van der Waals surface area contributed by atoms with Crippen molar-refractivity contribution >= 4 is 11.9 Å². The highest BCUT2D eigenvalue weighted by molar-refractivity contribution is 5.89. The number of benzene rings is 2. The van der Waals surface area contributed by atoms with E-state index in [9.17, 15) is 19.1 Å². The second-order valence-electron chi connectivity index (χ2n) is 6.83. The van der Waals surface area contributed by atoms with Crippen LogP contribution in [0.4, 0.5) is 4.39 Å². The summed E-state index contributed by atoms with van der Waals surface area (Å²) in [6.07, 6.45) is 2.05. The van der Waals surface area contributed by atoms with Crippen LogP contribution in [-0.2, 0) is 17.6 Å². The first-order valence-corrected chi connectivity index (χ1v) is 8.85. The third-order valence-corrected chi connectivity index (χ3v) is 5.09. The monoisotopic (exact) mass is 355 g/mol. The number of aromatic carboxylic acids is 1. The summed E-state index contributed by atoms with van der Waals surface area (Å²) in [7, 11) is 0. The Hall–Kier alpha value is -2.69. The third-order valence-electron chi connectivity index (χ3n) is 5.09. The van der Waals surface area contributed by atoms with Crippen molar-refractivity contribution in [3.63, 3.8) is 0 Å². The Morgan fingerprint density at radius 2 is 1.96 bits per heavy atom. The molecule has 136 valence electrons. The maximum Gasteiger partial charge on any atom is 0.335 e. The minimum atomic E-state index is -0.994. The van der Waals surface area contributed by atoms with Gasteiger partial charge in [0.25, 0.3) is 0 Å². The van der Waals surface area contributed by atoms with Gasteiger partial charge < -0.3 is 10.4 Å². The van der Waals surface area contributed by atoms with Gasteiger partial charge in [0.15, 0.2) is 0 Å². The van der Waals surface area contributed by atoms with E-state index >= 15 is 0 Å². The maximum absolute atomic E-state index is 14.0. The van der Waals surface area contributed by atoms with Gasteiger partial charge in [-0.05, 0) is 54.0 Å². The van der Waals surface area contributed by atoms with Crippen molar-refractivity contribution in [3.8, 4) is 0 Å². The minimum absolute atomic E-state index is 0.154. The van der Waals surface area contributed by atoms with E-state index in [-0.39, 0.29) is 35.7 Å². The van der Waals surface area contributed by atoms with Crippen LogP contribution in [0.25, 0.3) is 0 Å². The Labute approximate surface area is 152 Å². The number of carboxylic acids is 1. The Balaban J connectivity index is 1.70. The lowest BCUT2D eigenvalue weighted by atomic mass is 9.80. The molecule has 2 unspecified atom stereocenters. The first-order chi connectivity index (χ1) is 12.5. The molecule has 1 amide bonds. The molecule has 4 nitrogen and oxygen atoms in total.